The first kappa shape index (κ1) is 20.2. The molecule has 0 aromatic carbocycles. The lowest BCUT2D eigenvalue weighted by Gasteiger charge is -2.18. The number of carbonyl (C=O) groups is 1. The SMILES string of the molecule is CCCCCCCC(CCC)Oc1sccc1C(=O)CCCC. The normalized spacial score (nSPS) is 12.3. The van der Waals surface area contributed by atoms with Crippen LogP contribution in [0.25, 0.3) is 0 Å². The molecule has 3 heteroatoms. The zero-order valence-corrected chi connectivity index (χ0v) is 16.1. The smallest absolute Gasteiger partial charge is 0.184 e. The predicted molar refractivity (Wildman–Crippen MR) is 101 cm³/mol. The molecule has 1 unspecified atom stereocenters. The Labute approximate surface area is 146 Å². The Balaban J connectivity index is 2.52. The second-order valence-corrected chi connectivity index (χ2v) is 7.26. The summed E-state index contributed by atoms with van der Waals surface area (Å²) in [6, 6.07) is 1.93. The van der Waals surface area contributed by atoms with Gasteiger partial charge in [0.2, 0.25) is 0 Å². The minimum absolute atomic E-state index is 0.237. The van der Waals surface area contributed by atoms with E-state index in [1.807, 2.05) is 11.4 Å². The van der Waals surface area contributed by atoms with Gasteiger partial charge in [-0.2, -0.15) is 0 Å². The highest BCUT2D eigenvalue weighted by Gasteiger charge is 2.17. The Hall–Kier alpha value is -0.830. The average molecular weight is 339 g/mol. The van der Waals surface area contributed by atoms with E-state index in [1.165, 1.54) is 32.1 Å². The molecule has 0 saturated heterocycles. The van der Waals surface area contributed by atoms with Gasteiger partial charge in [0.05, 0.1) is 11.7 Å². The standard InChI is InChI=1S/C20H34O2S/c1-4-7-9-10-11-13-17(12-6-3)22-20-18(15-16-23-20)19(21)14-8-5-2/h15-17H,4-14H2,1-3H3. The number of Topliss-reactive ketones (excluding diaryl/α,β-unsaturated/α-hetero) is 1. The van der Waals surface area contributed by atoms with Crippen LogP contribution in [0.2, 0.25) is 0 Å². The van der Waals surface area contributed by atoms with Crippen molar-refractivity contribution >= 4 is 17.1 Å². The van der Waals surface area contributed by atoms with Crippen molar-refractivity contribution in [2.24, 2.45) is 0 Å². The molecule has 132 valence electrons. The fourth-order valence-electron chi connectivity index (χ4n) is 2.78. The van der Waals surface area contributed by atoms with Crippen LogP contribution >= 0.6 is 11.3 Å². The maximum atomic E-state index is 12.3. The van der Waals surface area contributed by atoms with Crippen LogP contribution in [-0.2, 0) is 0 Å². The van der Waals surface area contributed by atoms with Crippen LogP contribution in [-0.4, -0.2) is 11.9 Å². The van der Waals surface area contributed by atoms with Gasteiger partial charge in [-0.25, -0.2) is 0 Å². The van der Waals surface area contributed by atoms with E-state index in [1.54, 1.807) is 11.3 Å². The summed E-state index contributed by atoms with van der Waals surface area (Å²) in [4.78, 5) is 12.3. The Morgan fingerprint density at radius 1 is 1.00 bits per heavy atom. The molecule has 0 amide bonds. The molecule has 1 aromatic heterocycles. The van der Waals surface area contributed by atoms with E-state index in [4.69, 9.17) is 4.74 Å². The van der Waals surface area contributed by atoms with Crippen molar-refractivity contribution in [1.29, 1.82) is 0 Å². The fourth-order valence-corrected chi connectivity index (χ4v) is 3.60. The van der Waals surface area contributed by atoms with E-state index >= 15 is 0 Å². The molecule has 1 heterocycles. The monoisotopic (exact) mass is 338 g/mol. The topological polar surface area (TPSA) is 26.3 Å². The lowest BCUT2D eigenvalue weighted by atomic mass is 10.0. The third-order valence-corrected chi connectivity index (χ3v) is 5.00. The van der Waals surface area contributed by atoms with E-state index in [0.29, 0.717) is 6.42 Å². The van der Waals surface area contributed by atoms with Crippen molar-refractivity contribution in [1.82, 2.24) is 0 Å². The summed E-state index contributed by atoms with van der Waals surface area (Å²) >= 11 is 1.57. The van der Waals surface area contributed by atoms with E-state index in [0.717, 1.165) is 42.7 Å². The molecule has 0 fully saturated rings. The second kappa shape index (κ2) is 12.6. The quantitative estimate of drug-likeness (QED) is 0.269. The Bertz CT molecular complexity index is 425. The molecule has 0 bridgehead atoms. The van der Waals surface area contributed by atoms with Crippen molar-refractivity contribution in [3.8, 4) is 5.06 Å². The maximum Gasteiger partial charge on any atom is 0.184 e. The van der Waals surface area contributed by atoms with Crippen molar-refractivity contribution in [2.75, 3.05) is 0 Å². The molecule has 0 aliphatic carbocycles. The maximum absolute atomic E-state index is 12.3. The van der Waals surface area contributed by atoms with E-state index in [-0.39, 0.29) is 11.9 Å². The van der Waals surface area contributed by atoms with Gasteiger partial charge in [-0.1, -0.05) is 59.3 Å². The van der Waals surface area contributed by atoms with E-state index in [9.17, 15) is 4.79 Å². The zero-order valence-electron chi connectivity index (χ0n) is 15.2. The Kier molecular flexibility index (Phi) is 11.1. The molecule has 1 aromatic rings. The lowest BCUT2D eigenvalue weighted by Crippen LogP contribution is -2.17. The van der Waals surface area contributed by atoms with Crippen LogP contribution in [0.3, 0.4) is 0 Å². The molecule has 0 aliphatic heterocycles. The number of hydrogen-bond acceptors (Lipinski definition) is 3. The van der Waals surface area contributed by atoms with Crippen LogP contribution < -0.4 is 4.74 Å². The summed E-state index contributed by atoms with van der Waals surface area (Å²) in [5, 5.41) is 2.83. The molecule has 23 heavy (non-hydrogen) atoms. The highest BCUT2D eigenvalue weighted by atomic mass is 32.1. The van der Waals surface area contributed by atoms with Gasteiger partial charge in [0.15, 0.2) is 10.8 Å². The third kappa shape index (κ3) is 8.01. The highest BCUT2D eigenvalue weighted by molar-refractivity contribution is 7.12. The number of rotatable bonds is 14. The summed E-state index contributed by atoms with van der Waals surface area (Å²) in [6.45, 7) is 6.57. The second-order valence-electron chi connectivity index (χ2n) is 6.38. The number of ketones is 1. The van der Waals surface area contributed by atoms with Crippen molar-refractivity contribution in [3.05, 3.63) is 17.0 Å². The largest absolute Gasteiger partial charge is 0.480 e. The lowest BCUT2D eigenvalue weighted by molar-refractivity contribution is 0.0972. The average Bonchev–Trinajstić information content (AvgIpc) is 3.00. The van der Waals surface area contributed by atoms with Gasteiger partial charge in [0.25, 0.3) is 0 Å². The van der Waals surface area contributed by atoms with Gasteiger partial charge in [-0.05, 0) is 37.1 Å². The molecule has 1 atom stereocenters. The Morgan fingerprint density at radius 3 is 2.43 bits per heavy atom. The predicted octanol–water partition coefficient (Wildman–Crippen LogP) is 7.03. The number of unbranched alkanes of at least 4 members (excludes halogenated alkanes) is 5. The Morgan fingerprint density at radius 2 is 1.74 bits per heavy atom. The molecule has 0 radical (unpaired) electrons. The molecular weight excluding hydrogens is 304 g/mol. The molecule has 0 N–H and O–H groups in total. The first-order valence-corrected chi connectivity index (χ1v) is 10.4. The minimum atomic E-state index is 0.237. The number of ether oxygens (including phenoxy) is 1. The van der Waals surface area contributed by atoms with Gasteiger partial charge < -0.3 is 4.74 Å². The van der Waals surface area contributed by atoms with Crippen molar-refractivity contribution < 1.29 is 9.53 Å². The minimum Gasteiger partial charge on any atom is -0.480 e. The summed E-state index contributed by atoms with van der Waals surface area (Å²) in [6.07, 6.45) is 12.7. The van der Waals surface area contributed by atoms with Crippen LogP contribution in [0.15, 0.2) is 11.4 Å². The van der Waals surface area contributed by atoms with Gasteiger partial charge in [0, 0.05) is 6.42 Å². The van der Waals surface area contributed by atoms with Crippen LogP contribution in [0, 0.1) is 0 Å². The van der Waals surface area contributed by atoms with Crippen LogP contribution in [0.1, 0.15) is 102 Å². The highest BCUT2D eigenvalue weighted by Crippen LogP contribution is 2.30. The fraction of sp³-hybridized carbons (Fsp3) is 0.750. The van der Waals surface area contributed by atoms with E-state index < -0.39 is 0 Å². The van der Waals surface area contributed by atoms with Gasteiger partial charge in [0.1, 0.15) is 0 Å². The van der Waals surface area contributed by atoms with Gasteiger partial charge in [-0.15, -0.1) is 11.3 Å². The third-order valence-electron chi connectivity index (χ3n) is 4.20. The van der Waals surface area contributed by atoms with Crippen molar-refractivity contribution in [3.63, 3.8) is 0 Å². The van der Waals surface area contributed by atoms with Crippen molar-refractivity contribution in [2.45, 2.75) is 97.5 Å². The molecule has 0 spiro atoms. The van der Waals surface area contributed by atoms with Gasteiger partial charge >= 0.3 is 0 Å². The number of thiophene rings is 1. The molecular formula is C20H34O2S. The molecule has 0 aliphatic rings. The van der Waals surface area contributed by atoms with Crippen LogP contribution in [0.5, 0.6) is 5.06 Å². The number of hydrogen-bond donors (Lipinski definition) is 0. The van der Waals surface area contributed by atoms with Crippen LogP contribution in [0.4, 0.5) is 0 Å². The first-order chi connectivity index (χ1) is 11.2. The van der Waals surface area contributed by atoms with Gasteiger partial charge in [-0.3, -0.25) is 4.79 Å². The zero-order chi connectivity index (χ0) is 16.9. The molecule has 2 nitrogen and oxygen atoms in total. The number of carbonyl (C=O) groups excluding carboxylic acids is 1. The summed E-state index contributed by atoms with van der Waals surface area (Å²) in [7, 11) is 0. The van der Waals surface area contributed by atoms with E-state index in [2.05, 4.69) is 20.8 Å². The summed E-state index contributed by atoms with van der Waals surface area (Å²) in [5.74, 6) is 0.237. The summed E-state index contributed by atoms with van der Waals surface area (Å²) < 4.78 is 6.23. The molecule has 0 saturated carbocycles. The summed E-state index contributed by atoms with van der Waals surface area (Å²) in [5.41, 5.74) is 0.801. The first-order valence-electron chi connectivity index (χ1n) is 9.50. The molecule has 1 rings (SSSR count).